The van der Waals surface area contributed by atoms with E-state index in [1.165, 1.54) is 22.0 Å². The van der Waals surface area contributed by atoms with Crippen LogP contribution in [0.15, 0.2) is 18.3 Å². The molecule has 4 nitrogen and oxygen atoms in total. The Balaban J connectivity index is 2.06. The number of rotatable bonds is 2. The molecule has 0 amide bonds. The molecule has 1 fully saturated rings. The molecule has 1 aliphatic rings. The van der Waals surface area contributed by atoms with Gasteiger partial charge in [0.1, 0.15) is 5.75 Å². The lowest BCUT2D eigenvalue weighted by atomic mass is 10.0. The van der Waals surface area contributed by atoms with E-state index < -0.39 is 0 Å². The predicted molar refractivity (Wildman–Crippen MR) is 77.8 cm³/mol. The number of likely N-dealkylation sites (N-methyl/N-ethyl adjacent to an activating group) is 1. The Labute approximate surface area is 113 Å². The van der Waals surface area contributed by atoms with Crippen LogP contribution in [0.2, 0.25) is 0 Å². The number of benzene rings is 1. The first-order valence-electron chi connectivity index (χ1n) is 6.76. The normalized spacial score (nSPS) is 20.9. The molecule has 1 aromatic carbocycles. The molecule has 0 saturated carbocycles. The van der Waals surface area contributed by atoms with E-state index in [9.17, 15) is 0 Å². The molecule has 2 aromatic rings. The van der Waals surface area contributed by atoms with Gasteiger partial charge in [-0.1, -0.05) is 0 Å². The van der Waals surface area contributed by atoms with E-state index in [4.69, 9.17) is 4.74 Å². The van der Waals surface area contributed by atoms with E-state index in [1.807, 2.05) is 0 Å². The Hall–Kier alpha value is -1.52. The number of ether oxygens (including phenoxy) is 1. The Morgan fingerprint density at radius 3 is 2.95 bits per heavy atom. The van der Waals surface area contributed by atoms with Gasteiger partial charge in [0.05, 0.1) is 7.11 Å². The minimum Gasteiger partial charge on any atom is -0.497 e. The number of nitrogens with one attached hydrogen (secondary N) is 2. The van der Waals surface area contributed by atoms with Crippen LogP contribution in [0.1, 0.15) is 17.2 Å². The molecule has 0 radical (unpaired) electrons. The SMILES string of the molecule is COc1cc(C)c2[nH]cc(C3CN(C)CCN3)c2c1. The molecule has 1 aromatic heterocycles. The van der Waals surface area contributed by atoms with Crippen LogP contribution < -0.4 is 10.1 Å². The molecule has 0 aliphatic carbocycles. The van der Waals surface area contributed by atoms with Crippen LogP contribution in [-0.2, 0) is 0 Å². The number of H-pyrrole nitrogens is 1. The zero-order valence-corrected chi connectivity index (χ0v) is 11.8. The molecule has 0 bridgehead atoms. The van der Waals surface area contributed by atoms with Crippen molar-refractivity contribution in [2.45, 2.75) is 13.0 Å². The van der Waals surface area contributed by atoms with Crippen molar-refractivity contribution in [1.82, 2.24) is 15.2 Å². The number of hydrogen-bond acceptors (Lipinski definition) is 3. The molecular weight excluding hydrogens is 238 g/mol. The first kappa shape index (κ1) is 12.5. The number of hydrogen-bond donors (Lipinski definition) is 2. The minimum atomic E-state index is 0.388. The van der Waals surface area contributed by atoms with Crippen molar-refractivity contribution in [2.75, 3.05) is 33.8 Å². The summed E-state index contributed by atoms with van der Waals surface area (Å²) in [4.78, 5) is 5.77. The van der Waals surface area contributed by atoms with Crippen LogP contribution in [0.5, 0.6) is 5.75 Å². The van der Waals surface area contributed by atoms with Crippen LogP contribution in [0, 0.1) is 6.92 Å². The number of aromatic nitrogens is 1. The topological polar surface area (TPSA) is 40.3 Å². The first-order valence-corrected chi connectivity index (χ1v) is 6.76. The fraction of sp³-hybridized carbons (Fsp3) is 0.467. The van der Waals surface area contributed by atoms with Crippen molar-refractivity contribution < 1.29 is 4.74 Å². The van der Waals surface area contributed by atoms with Gasteiger partial charge in [-0.3, -0.25) is 0 Å². The maximum absolute atomic E-state index is 5.39. The summed E-state index contributed by atoms with van der Waals surface area (Å²) in [5, 5.41) is 4.87. The standard InChI is InChI=1S/C15H21N3O/c1-10-6-11(19-3)7-12-13(8-17-15(10)12)14-9-18(2)5-4-16-14/h6-8,14,16-17H,4-5,9H2,1-3H3. The second kappa shape index (κ2) is 4.87. The highest BCUT2D eigenvalue weighted by Crippen LogP contribution is 2.31. The second-order valence-electron chi connectivity index (χ2n) is 5.38. The van der Waals surface area contributed by atoms with E-state index in [2.05, 4.69) is 47.5 Å². The number of aryl methyl sites for hydroxylation is 1. The Kier molecular flexibility index (Phi) is 3.21. The fourth-order valence-electron chi connectivity index (χ4n) is 2.91. The molecule has 0 spiro atoms. The molecule has 2 heterocycles. The lowest BCUT2D eigenvalue weighted by Crippen LogP contribution is -2.43. The third-order valence-electron chi connectivity index (χ3n) is 3.98. The van der Waals surface area contributed by atoms with Gasteiger partial charge in [-0.2, -0.15) is 0 Å². The Morgan fingerprint density at radius 2 is 2.21 bits per heavy atom. The Morgan fingerprint density at radius 1 is 1.37 bits per heavy atom. The van der Waals surface area contributed by atoms with Crippen LogP contribution >= 0.6 is 0 Å². The number of piperazine rings is 1. The van der Waals surface area contributed by atoms with Crippen molar-refractivity contribution in [1.29, 1.82) is 0 Å². The van der Waals surface area contributed by atoms with Crippen molar-refractivity contribution >= 4 is 10.9 Å². The monoisotopic (exact) mass is 259 g/mol. The first-order chi connectivity index (χ1) is 9.19. The smallest absolute Gasteiger partial charge is 0.119 e. The van der Waals surface area contributed by atoms with Gasteiger partial charge >= 0.3 is 0 Å². The molecule has 4 heteroatoms. The molecule has 3 rings (SSSR count). The van der Waals surface area contributed by atoms with Gasteiger partial charge in [0, 0.05) is 42.8 Å². The summed E-state index contributed by atoms with van der Waals surface area (Å²) in [6, 6.07) is 4.59. The van der Waals surface area contributed by atoms with Crippen LogP contribution in [-0.4, -0.2) is 43.7 Å². The van der Waals surface area contributed by atoms with Gasteiger partial charge in [0.2, 0.25) is 0 Å². The predicted octanol–water partition coefficient (Wildman–Crippen LogP) is 2.06. The van der Waals surface area contributed by atoms with E-state index >= 15 is 0 Å². The van der Waals surface area contributed by atoms with Gasteiger partial charge in [-0.25, -0.2) is 0 Å². The summed E-state index contributed by atoms with van der Waals surface area (Å²) in [5.41, 5.74) is 3.78. The molecular formula is C15H21N3O. The molecule has 1 aliphatic heterocycles. The Bertz CT molecular complexity index is 590. The van der Waals surface area contributed by atoms with Gasteiger partial charge < -0.3 is 19.9 Å². The number of aromatic amines is 1. The van der Waals surface area contributed by atoms with Crippen molar-refractivity contribution in [3.63, 3.8) is 0 Å². The van der Waals surface area contributed by atoms with Crippen LogP contribution in [0.3, 0.4) is 0 Å². The molecule has 102 valence electrons. The summed E-state index contributed by atoms with van der Waals surface area (Å²) in [6.45, 7) is 5.31. The third kappa shape index (κ3) is 2.22. The van der Waals surface area contributed by atoms with Gasteiger partial charge in [-0.15, -0.1) is 0 Å². The largest absolute Gasteiger partial charge is 0.497 e. The maximum atomic E-state index is 5.39. The van der Waals surface area contributed by atoms with E-state index in [1.54, 1.807) is 7.11 Å². The van der Waals surface area contributed by atoms with Crippen molar-refractivity contribution in [3.8, 4) is 5.75 Å². The summed E-state index contributed by atoms with van der Waals surface area (Å²) in [6.07, 6.45) is 2.13. The van der Waals surface area contributed by atoms with Crippen molar-refractivity contribution in [3.05, 3.63) is 29.5 Å². The van der Waals surface area contributed by atoms with Gasteiger partial charge in [0.15, 0.2) is 0 Å². The summed E-state index contributed by atoms with van der Waals surface area (Å²) < 4.78 is 5.39. The van der Waals surface area contributed by atoms with E-state index in [0.717, 1.165) is 25.4 Å². The van der Waals surface area contributed by atoms with Gasteiger partial charge in [0.25, 0.3) is 0 Å². The molecule has 1 saturated heterocycles. The highest BCUT2D eigenvalue weighted by atomic mass is 16.5. The third-order valence-corrected chi connectivity index (χ3v) is 3.98. The fourth-order valence-corrected chi connectivity index (χ4v) is 2.91. The average Bonchev–Trinajstić information content (AvgIpc) is 2.83. The maximum Gasteiger partial charge on any atom is 0.119 e. The van der Waals surface area contributed by atoms with E-state index in [0.29, 0.717) is 6.04 Å². The summed E-state index contributed by atoms with van der Waals surface area (Å²) in [7, 11) is 3.90. The number of methoxy groups -OCH3 is 1. The van der Waals surface area contributed by atoms with E-state index in [-0.39, 0.29) is 0 Å². The molecule has 1 unspecified atom stereocenters. The average molecular weight is 259 g/mol. The molecule has 2 N–H and O–H groups in total. The minimum absolute atomic E-state index is 0.388. The highest BCUT2D eigenvalue weighted by Gasteiger charge is 2.21. The molecule has 19 heavy (non-hydrogen) atoms. The number of nitrogens with zero attached hydrogens (tertiary/aromatic N) is 1. The van der Waals surface area contributed by atoms with Crippen LogP contribution in [0.25, 0.3) is 10.9 Å². The lowest BCUT2D eigenvalue weighted by molar-refractivity contribution is 0.241. The zero-order valence-electron chi connectivity index (χ0n) is 11.8. The zero-order chi connectivity index (χ0) is 13.4. The van der Waals surface area contributed by atoms with Crippen molar-refractivity contribution in [2.24, 2.45) is 0 Å². The lowest BCUT2D eigenvalue weighted by Gasteiger charge is -2.30. The molecule has 1 atom stereocenters. The summed E-state index contributed by atoms with van der Waals surface area (Å²) >= 11 is 0. The highest BCUT2D eigenvalue weighted by molar-refractivity contribution is 5.88. The number of fused-ring (bicyclic) bond motifs is 1. The summed E-state index contributed by atoms with van der Waals surface area (Å²) in [5.74, 6) is 0.926. The second-order valence-corrected chi connectivity index (χ2v) is 5.38. The van der Waals surface area contributed by atoms with Crippen LogP contribution in [0.4, 0.5) is 0 Å². The quantitative estimate of drug-likeness (QED) is 0.867. The van der Waals surface area contributed by atoms with Gasteiger partial charge in [-0.05, 0) is 37.2 Å².